The van der Waals surface area contributed by atoms with Gasteiger partial charge in [-0.1, -0.05) is 77.9 Å². The Labute approximate surface area is 206 Å². The molecule has 182 valence electrons. The minimum Gasteiger partial charge on any atom is -0.423 e. The maximum absolute atomic E-state index is 6.49. The minimum atomic E-state index is -0.896. The molecule has 0 aromatic heterocycles. The van der Waals surface area contributed by atoms with Crippen LogP contribution in [-0.4, -0.2) is 6.48 Å². The second-order valence-electron chi connectivity index (χ2n) is 8.45. The highest BCUT2D eigenvalue weighted by molar-refractivity contribution is 5.43. The van der Waals surface area contributed by atoms with E-state index in [-0.39, 0.29) is 0 Å². The Morgan fingerprint density at radius 1 is 0.441 bits per heavy atom. The molecule has 34 heavy (non-hydrogen) atoms. The predicted molar refractivity (Wildman–Crippen MR) is 141 cm³/mol. The summed E-state index contributed by atoms with van der Waals surface area (Å²) in [5, 5.41) is 0. The molecular weight excluding hydrogens is 420 g/mol. The molecule has 0 N–H and O–H groups in total. The van der Waals surface area contributed by atoms with Gasteiger partial charge in [-0.15, -0.1) is 0 Å². The van der Waals surface area contributed by atoms with Crippen molar-refractivity contribution in [1.29, 1.82) is 0 Å². The lowest BCUT2D eigenvalue weighted by molar-refractivity contribution is -0.141. The lowest BCUT2D eigenvalue weighted by Gasteiger charge is -2.26. The second-order valence-corrected chi connectivity index (χ2v) is 8.45. The number of ether oxygens (including phenoxy) is 3. The minimum absolute atomic E-state index is 0.821. The van der Waals surface area contributed by atoms with Crippen LogP contribution in [0.25, 0.3) is 0 Å². The predicted octanol–water partition coefficient (Wildman–Crippen LogP) is 7.88. The van der Waals surface area contributed by atoms with Crippen LogP contribution in [0.2, 0.25) is 0 Å². The number of hydrogen-bond acceptors (Lipinski definition) is 3. The Kier molecular flexibility index (Phi) is 9.44. The maximum Gasteiger partial charge on any atom is 0.406 e. The monoisotopic (exact) mass is 460 g/mol. The topological polar surface area (TPSA) is 27.7 Å². The summed E-state index contributed by atoms with van der Waals surface area (Å²) in [7, 11) is 0. The fourth-order valence-corrected chi connectivity index (χ4v) is 4.75. The molecular formula is C31H40O3. The number of benzene rings is 3. The van der Waals surface area contributed by atoms with E-state index in [0.29, 0.717) is 0 Å². The van der Waals surface area contributed by atoms with Crippen molar-refractivity contribution in [2.75, 3.05) is 0 Å². The molecule has 3 aromatic rings. The van der Waals surface area contributed by atoms with Gasteiger partial charge in [0.2, 0.25) is 0 Å². The molecule has 3 heteroatoms. The second kappa shape index (κ2) is 12.5. The van der Waals surface area contributed by atoms with Crippen LogP contribution in [0.1, 0.15) is 74.9 Å². The van der Waals surface area contributed by atoms with E-state index in [1.54, 1.807) is 0 Å². The van der Waals surface area contributed by atoms with E-state index in [9.17, 15) is 0 Å². The van der Waals surface area contributed by atoms with Gasteiger partial charge in [-0.25, -0.2) is 0 Å². The van der Waals surface area contributed by atoms with Crippen molar-refractivity contribution in [3.63, 3.8) is 0 Å². The van der Waals surface area contributed by atoms with Gasteiger partial charge in [0.05, 0.1) is 0 Å². The standard InChI is InChI=1S/C31H40O3/c1-7-22-16-13-19-28(25(22)10-4)32-31(33-29-20-14-17-23(8-2)26(29)11-5)34-30-21-15-18-24(9-3)27(30)12-6/h13-21,31H,7-12H2,1-6H3. The third kappa shape index (κ3) is 5.75. The largest absolute Gasteiger partial charge is 0.423 e. The Morgan fingerprint density at radius 2 is 0.735 bits per heavy atom. The average Bonchev–Trinajstić information content (AvgIpc) is 2.87. The number of rotatable bonds is 12. The summed E-state index contributed by atoms with van der Waals surface area (Å²) >= 11 is 0. The lowest BCUT2D eigenvalue weighted by Crippen LogP contribution is -2.32. The highest BCUT2D eigenvalue weighted by Crippen LogP contribution is 2.31. The van der Waals surface area contributed by atoms with E-state index in [1.807, 2.05) is 18.2 Å². The zero-order valence-electron chi connectivity index (χ0n) is 21.7. The number of hydrogen-bond donors (Lipinski definition) is 0. The summed E-state index contributed by atoms with van der Waals surface area (Å²) in [4.78, 5) is 0. The van der Waals surface area contributed by atoms with Crippen LogP contribution in [0.5, 0.6) is 17.2 Å². The first kappa shape index (κ1) is 25.7. The van der Waals surface area contributed by atoms with Crippen LogP contribution in [-0.2, 0) is 38.5 Å². The molecule has 0 aliphatic heterocycles. The Balaban J connectivity index is 2.03. The van der Waals surface area contributed by atoms with Crippen molar-refractivity contribution in [1.82, 2.24) is 0 Å². The highest BCUT2D eigenvalue weighted by atomic mass is 16.8. The summed E-state index contributed by atoms with van der Waals surface area (Å²) < 4.78 is 19.5. The molecule has 0 aliphatic carbocycles. The van der Waals surface area contributed by atoms with Crippen molar-refractivity contribution in [3.8, 4) is 17.2 Å². The van der Waals surface area contributed by atoms with E-state index in [2.05, 4.69) is 77.9 Å². The average molecular weight is 461 g/mol. The van der Waals surface area contributed by atoms with Crippen LogP contribution in [0.3, 0.4) is 0 Å². The third-order valence-electron chi connectivity index (χ3n) is 6.56. The van der Waals surface area contributed by atoms with Gasteiger partial charge in [0.25, 0.3) is 0 Å². The van der Waals surface area contributed by atoms with Crippen molar-refractivity contribution >= 4 is 0 Å². The van der Waals surface area contributed by atoms with Gasteiger partial charge in [0.1, 0.15) is 17.2 Å². The molecule has 0 spiro atoms. The Morgan fingerprint density at radius 3 is 0.971 bits per heavy atom. The van der Waals surface area contributed by atoms with E-state index in [1.165, 1.54) is 33.4 Å². The summed E-state index contributed by atoms with van der Waals surface area (Å²) in [5.41, 5.74) is 7.50. The van der Waals surface area contributed by atoms with E-state index in [4.69, 9.17) is 14.2 Å². The molecule has 0 saturated carbocycles. The fraction of sp³-hybridized carbons (Fsp3) is 0.419. The van der Waals surface area contributed by atoms with Crippen molar-refractivity contribution in [2.24, 2.45) is 0 Å². The van der Waals surface area contributed by atoms with E-state index in [0.717, 1.165) is 55.8 Å². The van der Waals surface area contributed by atoms with Crippen LogP contribution in [0.15, 0.2) is 54.6 Å². The van der Waals surface area contributed by atoms with E-state index < -0.39 is 6.48 Å². The van der Waals surface area contributed by atoms with Gasteiger partial charge in [0.15, 0.2) is 0 Å². The van der Waals surface area contributed by atoms with Crippen LogP contribution in [0.4, 0.5) is 0 Å². The smallest absolute Gasteiger partial charge is 0.406 e. The molecule has 0 saturated heterocycles. The molecule has 0 atom stereocenters. The SMILES string of the molecule is CCc1cccc(OC(Oc2cccc(CC)c2CC)Oc2cccc(CC)c2CC)c1CC. The molecule has 3 rings (SSSR count). The molecule has 0 heterocycles. The lowest BCUT2D eigenvalue weighted by atomic mass is 10.0. The van der Waals surface area contributed by atoms with Crippen LogP contribution in [0, 0.1) is 0 Å². The van der Waals surface area contributed by atoms with Crippen molar-refractivity contribution < 1.29 is 14.2 Å². The zero-order chi connectivity index (χ0) is 24.5. The first-order valence-corrected chi connectivity index (χ1v) is 12.9. The Bertz CT molecular complexity index is 934. The van der Waals surface area contributed by atoms with Gasteiger partial charge in [-0.3, -0.25) is 0 Å². The zero-order valence-corrected chi connectivity index (χ0v) is 21.7. The van der Waals surface area contributed by atoms with Gasteiger partial charge in [-0.2, -0.15) is 0 Å². The molecule has 0 unspecified atom stereocenters. The summed E-state index contributed by atoms with van der Waals surface area (Å²) in [6.07, 6.45) is 5.56. The van der Waals surface area contributed by atoms with Crippen LogP contribution < -0.4 is 14.2 Å². The van der Waals surface area contributed by atoms with Crippen molar-refractivity contribution in [3.05, 3.63) is 88.0 Å². The first-order valence-electron chi connectivity index (χ1n) is 12.9. The highest BCUT2D eigenvalue weighted by Gasteiger charge is 2.21. The normalized spacial score (nSPS) is 11.0. The fourth-order valence-electron chi connectivity index (χ4n) is 4.75. The molecule has 3 nitrogen and oxygen atoms in total. The molecule has 0 amide bonds. The molecule has 0 aliphatic rings. The van der Waals surface area contributed by atoms with Gasteiger partial charge >= 0.3 is 6.48 Å². The Hall–Kier alpha value is -2.94. The van der Waals surface area contributed by atoms with Gasteiger partial charge in [-0.05, 0) is 90.1 Å². The molecule has 0 fully saturated rings. The molecule has 0 radical (unpaired) electrons. The van der Waals surface area contributed by atoms with Gasteiger partial charge in [0, 0.05) is 0 Å². The summed E-state index contributed by atoms with van der Waals surface area (Å²) in [6.45, 7) is 12.1. The quantitative estimate of drug-likeness (QED) is 0.257. The van der Waals surface area contributed by atoms with Crippen LogP contribution >= 0.6 is 0 Å². The third-order valence-corrected chi connectivity index (χ3v) is 6.56. The van der Waals surface area contributed by atoms with E-state index >= 15 is 0 Å². The molecule has 0 bridgehead atoms. The summed E-state index contributed by atoms with van der Waals surface area (Å²) in [5.74, 6) is 2.46. The van der Waals surface area contributed by atoms with Crippen molar-refractivity contribution in [2.45, 2.75) is 86.5 Å². The maximum atomic E-state index is 6.49. The van der Waals surface area contributed by atoms with Gasteiger partial charge < -0.3 is 14.2 Å². The number of aryl methyl sites for hydroxylation is 3. The first-order chi connectivity index (χ1) is 16.6. The molecule has 3 aromatic carbocycles. The summed E-state index contributed by atoms with van der Waals surface area (Å²) in [6, 6.07) is 18.7.